The molecule has 5 heterocycles. The van der Waals surface area contributed by atoms with Crippen LogP contribution in [0.3, 0.4) is 0 Å². The molecule has 0 aromatic carbocycles. The molecule has 5 rings (SSSR count). The number of nitrogens with zero attached hydrogens (tertiary/aromatic N) is 6. The fourth-order valence-corrected chi connectivity index (χ4v) is 3.74. The summed E-state index contributed by atoms with van der Waals surface area (Å²) in [7, 11) is 0. The Morgan fingerprint density at radius 3 is 2.44 bits per heavy atom. The first-order valence-corrected chi connectivity index (χ1v) is 10.3. The molecule has 0 fully saturated rings. The standard InChI is InChI=1S/C24H17F3N6O/c1-15(18-5-2-3-10-28-18)32-12-9-16(13-21(32)34)22-23-19(6-4-11-29-23)33(31-22)17-7-8-20(30-14-17)24(25,26)27/h2-15H,1H3/t15-/m0/s1. The van der Waals surface area contributed by atoms with Gasteiger partial charge in [0, 0.05) is 30.2 Å². The van der Waals surface area contributed by atoms with Crippen LogP contribution in [-0.2, 0) is 6.18 Å². The quantitative estimate of drug-likeness (QED) is 0.388. The summed E-state index contributed by atoms with van der Waals surface area (Å²) in [6, 6.07) is 14.1. The van der Waals surface area contributed by atoms with Gasteiger partial charge in [-0.1, -0.05) is 6.07 Å². The summed E-state index contributed by atoms with van der Waals surface area (Å²) in [4.78, 5) is 25.2. The van der Waals surface area contributed by atoms with Gasteiger partial charge in [-0.05, 0) is 49.4 Å². The molecule has 0 unspecified atom stereocenters. The zero-order valence-electron chi connectivity index (χ0n) is 17.8. The molecule has 170 valence electrons. The van der Waals surface area contributed by atoms with E-state index in [2.05, 4.69) is 20.1 Å². The average molecular weight is 462 g/mol. The van der Waals surface area contributed by atoms with Crippen molar-refractivity contribution in [2.75, 3.05) is 0 Å². The van der Waals surface area contributed by atoms with Crippen LogP contribution >= 0.6 is 0 Å². The van der Waals surface area contributed by atoms with E-state index in [0.717, 1.165) is 18.0 Å². The van der Waals surface area contributed by atoms with E-state index in [1.807, 2.05) is 25.1 Å². The van der Waals surface area contributed by atoms with Crippen molar-refractivity contribution in [3.63, 3.8) is 0 Å². The molecule has 10 heteroatoms. The SMILES string of the molecule is C[C@@H](c1ccccn1)n1ccc(-c2nn(-c3ccc(C(F)(F)F)nc3)c3cccnc23)cc1=O. The van der Waals surface area contributed by atoms with E-state index in [1.165, 1.54) is 16.8 Å². The third-order valence-corrected chi connectivity index (χ3v) is 5.48. The van der Waals surface area contributed by atoms with E-state index in [4.69, 9.17) is 0 Å². The van der Waals surface area contributed by atoms with E-state index in [9.17, 15) is 18.0 Å². The predicted molar refractivity (Wildman–Crippen MR) is 119 cm³/mol. The second-order valence-electron chi connectivity index (χ2n) is 7.62. The Morgan fingerprint density at radius 2 is 1.76 bits per heavy atom. The number of halogens is 3. The third-order valence-electron chi connectivity index (χ3n) is 5.48. The van der Waals surface area contributed by atoms with Crippen molar-refractivity contribution in [3.05, 3.63) is 101 Å². The molecule has 0 aliphatic rings. The molecule has 0 N–H and O–H groups in total. The van der Waals surface area contributed by atoms with Crippen molar-refractivity contribution in [1.82, 2.24) is 29.3 Å². The molecule has 0 spiro atoms. The molecule has 7 nitrogen and oxygen atoms in total. The van der Waals surface area contributed by atoms with Crippen molar-refractivity contribution in [2.24, 2.45) is 0 Å². The van der Waals surface area contributed by atoms with E-state index in [0.29, 0.717) is 28.0 Å². The number of hydrogen-bond acceptors (Lipinski definition) is 5. The first-order valence-electron chi connectivity index (χ1n) is 10.3. The third kappa shape index (κ3) is 3.83. The highest BCUT2D eigenvalue weighted by molar-refractivity contribution is 5.90. The van der Waals surface area contributed by atoms with Gasteiger partial charge in [-0.3, -0.25) is 14.8 Å². The number of hydrogen-bond donors (Lipinski definition) is 0. The van der Waals surface area contributed by atoms with Crippen LogP contribution in [-0.4, -0.2) is 29.3 Å². The second-order valence-corrected chi connectivity index (χ2v) is 7.62. The maximum absolute atomic E-state index is 12.9. The van der Waals surface area contributed by atoms with E-state index >= 15 is 0 Å². The lowest BCUT2D eigenvalue weighted by Gasteiger charge is -2.14. The Bertz CT molecular complexity index is 1520. The molecule has 0 aliphatic carbocycles. The minimum Gasteiger partial charge on any atom is -0.307 e. The molecular weight excluding hydrogens is 445 g/mol. The molecule has 0 bridgehead atoms. The summed E-state index contributed by atoms with van der Waals surface area (Å²) in [5.41, 5.74) is 1.92. The normalized spacial score (nSPS) is 12.7. The van der Waals surface area contributed by atoms with Gasteiger partial charge in [0.2, 0.25) is 0 Å². The first-order chi connectivity index (χ1) is 16.3. The molecule has 0 radical (unpaired) electrons. The lowest BCUT2D eigenvalue weighted by atomic mass is 10.1. The van der Waals surface area contributed by atoms with Crippen LogP contribution in [0.2, 0.25) is 0 Å². The summed E-state index contributed by atoms with van der Waals surface area (Å²) in [5, 5.41) is 4.57. The largest absolute Gasteiger partial charge is 0.433 e. The predicted octanol–water partition coefficient (Wildman–Crippen LogP) is 4.67. The molecule has 5 aromatic rings. The van der Waals surface area contributed by atoms with Crippen LogP contribution in [0.4, 0.5) is 13.2 Å². The average Bonchev–Trinajstić information content (AvgIpc) is 3.23. The Labute approximate surface area is 191 Å². The van der Waals surface area contributed by atoms with Gasteiger partial charge in [0.1, 0.15) is 16.9 Å². The first kappa shape index (κ1) is 21.5. The zero-order valence-corrected chi connectivity index (χ0v) is 17.8. The second kappa shape index (κ2) is 8.22. The molecule has 0 aliphatic heterocycles. The fraction of sp³-hybridized carbons (Fsp3) is 0.125. The Hall–Kier alpha value is -4.34. The molecule has 0 saturated heterocycles. The summed E-state index contributed by atoms with van der Waals surface area (Å²) < 4.78 is 41.7. The summed E-state index contributed by atoms with van der Waals surface area (Å²) in [5.74, 6) is 0. The molecule has 0 saturated carbocycles. The minimum atomic E-state index is -4.53. The fourth-order valence-electron chi connectivity index (χ4n) is 3.74. The summed E-state index contributed by atoms with van der Waals surface area (Å²) in [6.07, 6.45) is 1.51. The van der Waals surface area contributed by atoms with Gasteiger partial charge < -0.3 is 4.57 Å². The topological polar surface area (TPSA) is 78.5 Å². The lowest BCUT2D eigenvalue weighted by Crippen LogP contribution is -2.23. The number of rotatable bonds is 4. The molecule has 1 atom stereocenters. The smallest absolute Gasteiger partial charge is 0.307 e. The van der Waals surface area contributed by atoms with Crippen molar-refractivity contribution in [3.8, 4) is 16.9 Å². The van der Waals surface area contributed by atoms with Gasteiger partial charge in [0.25, 0.3) is 5.56 Å². The van der Waals surface area contributed by atoms with Gasteiger partial charge in [-0.15, -0.1) is 0 Å². The number of aromatic nitrogens is 6. The summed E-state index contributed by atoms with van der Waals surface area (Å²) in [6.45, 7) is 1.88. The lowest BCUT2D eigenvalue weighted by molar-refractivity contribution is -0.141. The number of alkyl halides is 3. The van der Waals surface area contributed by atoms with Crippen LogP contribution in [0, 0.1) is 0 Å². The van der Waals surface area contributed by atoms with Crippen LogP contribution in [0.1, 0.15) is 24.4 Å². The Kier molecular flexibility index (Phi) is 5.20. The van der Waals surface area contributed by atoms with Gasteiger partial charge in [0.05, 0.1) is 29.1 Å². The highest BCUT2D eigenvalue weighted by atomic mass is 19.4. The van der Waals surface area contributed by atoms with Crippen LogP contribution in [0.15, 0.2) is 84.2 Å². The maximum atomic E-state index is 12.9. The highest BCUT2D eigenvalue weighted by Crippen LogP contribution is 2.30. The molecule has 34 heavy (non-hydrogen) atoms. The van der Waals surface area contributed by atoms with Gasteiger partial charge >= 0.3 is 6.18 Å². The van der Waals surface area contributed by atoms with Crippen LogP contribution < -0.4 is 5.56 Å². The molecular formula is C24H17F3N6O. The number of fused-ring (bicyclic) bond motifs is 1. The van der Waals surface area contributed by atoms with Crippen molar-refractivity contribution in [2.45, 2.75) is 19.1 Å². The van der Waals surface area contributed by atoms with Crippen LogP contribution in [0.5, 0.6) is 0 Å². The molecule has 5 aromatic heterocycles. The monoisotopic (exact) mass is 462 g/mol. The van der Waals surface area contributed by atoms with E-state index in [1.54, 1.807) is 41.4 Å². The number of pyridine rings is 4. The van der Waals surface area contributed by atoms with Crippen molar-refractivity contribution >= 4 is 11.0 Å². The van der Waals surface area contributed by atoms with Crippen molar-refractivity contribution in [1.29, 1.82) is 0 Å². The zero-order chi connectivity index (χ0) is 23.9. The maximum Gasteiger partial charge on any atom is 0.433 e. The summed E-state index contributed by atoms with van der Waals surface area (Å²) >= 11 is 0. The van der Waals surface area contributed by atoms with E-state index < -0.39 is 11.9 Å². The Morgan fingerprint density at radius 1 is 0.941 bits per heavy atom. The Balaban J connectivity index is 1.58. The van der Waals surface area contributed by atoms with Crippen molar-refractivity contribution < 1.29 is 13.2 Å². The van der Waals surface area contributed by atoms with Crippen LogP contribution in [0.25, 0.3) is 28.0 Å². The van der Waals surface area contributed by atoms with Gasteiger partial charge in [0.15, 0.2) is 0 Å². The highest BCUT2D eigenvalue weighted by Gasteiger charge is 2.32. The van der Waals surface area contributed by atoms with E-state index in [-0.39, 0.29) is 11.6 Å². The van der Waals surface area contributed by atoms with Gasteiger partial charge in [-0.25, -0.2) is 9.67 Å². The molecule has 0 amide bonds. The minimum absolute atomic E-state index is 0.245. The van der Waals surface area contributed by atoms with Gasteiger partial charge in [-0.2, -0.15) is 18.3 Å².